The molecule has 3 N–H and O–H groups in total. The van der Waals surface area contributed by atoms with Crippen molar-refractivity contribution < 1.29 is 9.90 Å². The molecule has 1 heterocycles. The normalized spacial score (nSPS) is 34.9. The molecule has 1 saturated carbocycles. The highest BCUT2D eigenvalue weighted by atomic mass is 16.4. The lowest BCUT2D eigenvalue weighted by molar-refractivity contribution is -0.143. The molecule has 1 aromatic rings. The number of fused-ring (bicyclic) bond motifs is 2. The van der Waals surface area contributed by atoms with E-state index < -0.39 is 5.97 Å². The molecule has 134 valence electrons. The van der Waals surface area contributed by atoms with Crippen LogP contribution < -0.4 is 5.73 Å². The first kappa shape index (κ1) is 16.8. The van der Waals surface area contributed by atoms with E-state index in [9.17, 15) is 9.90 Å². The minimum atomic E-state index is -0.674. The highest BCUT2D eigenvalue weighted by Crippen LogP contribution is 2.47. The lowest BCUT2D eigenvalue weighted by Crippen LogP contribution is -2.48. The Morgan fingerprint density at radius 3 is 2.88 bits per heavy atom. The zero-order valence-corrected chi connectivity index (χ0v) is 14.9. The maximum absolute atomic E-state index is 11.5. The molecular formula is C21H28N2O2. The first-order chi connectivity index (χ1) is 12.0. The largest absolute Gasteiger partial charge is 0.481 e. The summed E-state index contributed by atoms with van der Waals surface area (Å²) in [7, 11) is 0. The van der Waals surface area contributed by atoms with Crippen molar-refractivity contribution in [2.75, 3.05) is 19.6 Å². The van der Waals surface area contributed by atoms with Crippen LogP contribution in [-0.4, -0.2) is 41.7 Å². The van der Waals surface area contributed by atoms with Crippen LogP contribution >= 0.6 is 0 Å². The fourth-order valence-electron chi connectivity index (χ4n) is 5.02. The monoisotopic (exact) mass is 340 g/mol. The van der Waals surface area contributed by atoms with Gasteiger partial charge in [-0.15, -0.1) is 0 Å². The minimum absolute atomic E-state index is 0.102. The molecule has 4 rings (SSSR count). The van der Waals surface area contributed by atoms with Gasteiger partial charge in [-0.25, -0.2) is 0 Å². The number of aliphatic carboxylic acids is 1. The number of carboxylic acids is 1. The van der Waals surface area contributed by atoms with Crippen molar-refractivity contribution in [3.05, 3.63) is 41.5 Å². The molecule has 2 fully saturated rings. The highest BCUT2D eigenvalue weighted by molar-refractivity contribution is 5.71. The van der Waals surface area contributed by atoms with Gasteiger partial charge in [-0.3, -0.25) is 4.79 Å². The summed E-state index contributed by atoms with van der Waals surface area (Å²) in [5.74, 6) is -0.219. The number of carbonyl (C=O) groups is 1. The second-order valence-corrected chi connectivity index (χ2v) is 8.21. The van der Waals surface area contributed by atoms with Gasteiger partial charge in [0.15, 0.2) is 0 Å². The average Bonchev–Trinajstić information content (AvgIpc) is 3.18. The second-order valence-electron chi connectivity index (χ2n) is 8.21. The molecule has 0 bridgehead atoms. The van der Waals surface area contributed by atoms with E-state index in [1.807, 2.05) is 0 Å². The molecule has 5 atom stereocenters. The molecule has 3 aliphatic rings. The molecule has 0 aromatic heterocycles. The number of benzene rings is 1. The number of hydrogen-bond donors (Lipinski definition) is 2. The lowest BCUT2D eigenvalue weighted by atomic mass is 9.68. The van der Waals surface area contributed by atoms with E-state index in [0.29, 0.717) is 5.92 Å². The summed E-state index contributed by atoms with van der Waals surface area (Å²) in [5, 5.41) is 9.48. The molecule has 1 saturated heterocycles. The van der Waals surface area contributed by atoms with E-state index in [2.05, 4.69) is 48.2 Å². The molecule has 25 heavy (non-hydrogen) atoms. The van der Waals surface area contributed by atoms with Crippen LogP contribution in [0.4, 0.5) is 0 Å². The Morgan fingerprint density at radius 2 is 2.20 bits per heavy atom. The number of carboxylic acid groups (broad SMARTS) is 1. The third-order valence-electron chi connectivity index (χ3n) is 6.76. The van der Waals surface area contributed by atoms with Gasteiger partial charge in [-0.2, -0.15) is 0 Å². The topological polar surface area (TPSA) is 66.6 Å². The maximum atomic E-state index is 11.5. The van der Waals surface area contributed by atoms with E-state index in [-0.39, 0.29) is 23.3 Å². The van der Waals surface area contributed by atoms with Crippen molar-refractivity contribution in [3.8, 4) is 0 Å². The van der Waals surface area contributed by atoms with Gasteiger partial charge < -0.3 is 15.7 Å². The third-order valence-corrected chi connectivity index (χ3v) is 6.76. The summed E-state index contributed by atoms with van der Waals surface area (Å²) in [5.41, 5.74) is 8.86. The Bertz CT molecular complexity index is 701. The zero-order chi connectivity index (χ0) is 17.6. The Labute approximate surface area is 149 Å². The standard InChI is InChI=1S/C21H28N2O2/c1-14-13-23(10-7-16(20(24)25)17-12-19(17)22)11-9-21(14)8-6-15-4-2-3-5-18(15)21/h2-6,8,14,16-17,19H,7,9-13,22H2,1H3,(H,24,25)/t14-,16?,17?,19?,21-/m0/s1. The second kappa shape index (κ2) is 6.26. The van der Waals surface area contributed by atoms with E-state index in [0.717, 1.165) is 38.9 Å². The van der Waals surface area contributed by atoms with Crippen molar-refractivity contribution in [2.24, 2.45) is 23.5 Å². The first-order valence-electron chi connectivity index (χ1n) is 9.51. The fraction of sp³-hybridized carbons (Fsp3) is 0.571. The average molecular weight is 340 g/mol. The number of rotatable bonds is 5. The fourth-order valence-corrected chi connectivity index (χ4v) is 5.02. The molecule has 1 aromatic carbocycles. The SMILES string of the molecule is C[C@H]1CN(CCC(C(=O)O)C2CC2N)CC[C@@]12C=Cc1ccccc12. The summed E-state index contributed by atoms with van der Waals surface area (Å²) in [6.07, 6.45) is 7.39. The van der Waals surface area contributed by atoms with E-state index >= 15 is 0 Å². The van der Waals surface area contributed by atoms with Crippen LogP contribution in [0.15, 0.2) is 30.3 Å². The molecule has 1 spiro atoms. The van der Waals surface area contributed by atoms with Gasteiger partial charge in [0.05, 0.1) is 5.92 Å². The van der Waals surface area contributed by atoms with E-state index in [4.69, 9.17) is 5.73 Å². The minimum Gasteiger partial charge on any atom is -0.481 e. The smallest absolute Gasteiger partial charge is 0.306 e. The van der Waals surface area contributed by atoms with Crippen molar-refractivity contribution in [1.29, 1.82) is 0 Å². The van der Waals surface area contributed by atoms with Crippen LogP contribution in [-0.2, 0) is 10.2 Å². The number of allylic oxidation sites excluding steroid dienone is 1. The van der Waals surface area contributed by atoms with E-state index in [1.54, 1.807) is 0 Å². The quantitative estimate of drug-likeness (QED) is 0.865. The van der Waals surface area contributed by atoms with Crippen LogP contribution in [0.25, 0.3) is 6.08 Å². The summed E-state index contributed by atoms with van der Waals surface area (Å²) in [6.45, 7) is 5.27. The summed E-state index contributed by atoms with van der Waals surface area (Å²) in [6, 6.07) is 8.83. The highest BCUT2D eigenvalue weighted by Gasteiger charge is 2.45. The van der Waals surface area contributed by atoms with Gasteiger partial charge in [0.1, 0.15) is 0 Å². The maximum Gasteiger partial charge on any atom is 0.306 e. The van der Waals surface area contributed by atoms with E-state index in [1.165, 1.54) is 11.1 Å². The van der Waals surface area contributed by atoms with Crippen LogP contribution in [0.2, 0.25) is 0 Å². The summed E-state index contributed by atoms with van der Waals surface area (Å²) < 4.78 is 0. The Balaban J connectivity index is 1.39. The Kier molecular flexibility index (Phi) is 4.20. The van der Waals surface area contributed by atoms with Gasteiger partial charge in [-0.1, -0.05) is 43.3 Å². The first-order valence-corrected chi connectivity index (χ1v) is 9.51. The molecule has 4 nitrogen and oxygen atoms in total. The molecule has 1 aliphatic heterocycles. The van der Waals surface area contributed by atoms with Crippen LogP contribution in [0.5, 0.6) is 0 Å². The number of likely N-dealkylation sites (tertiary alicyclic amines) is 1. The van der Waals surface area contributed by atoms with Crippen molar-refractivity contribution in [2.45, 2.75) is 37.6 Å². The van der Waals surface area contributed by atoms with Gasteiger partial charge in [-0.05, 0) is 55.3 Å². The predicted octanol–water partition coefficient (Wildman–Crippen LogP) is 2.73. The molecule has 2 aliphatic carbocycles. The van der Waals surface area contributed by atoms with Crippen LogP contribution in [0, 0.1) is 17.8 Å². The van der Waals surface area contributed by atoms with Crippen molar-refractivity contribution >= 4 is 12.0 Å². The number of nitrogens with zero attached hydrogens (tertiary/aromatic N) is 1. The van der Waals surface area contributed by atoms with Gasteiger partial charge in [0.2, 0.25) is 0 Å². The Morgan fingerprint density at radius 1 is 1.44 bits per heavy atom. The van der Waals surface area contributed by atoms with Gasteiger partial charge >= 0.3 is 5.97 Å². The van der Waals surface area contributed by atoms with Crippen LogP contribution in [0.1, 0.15) is 37.3 Å². The third kappa shape index (κ3) is 2.91. The molecule has 0 radical (unpaired) electrons. The van der Waals surface area contributed by atoms with Crippen molar-refractivity contribution in [1.82, 2.24) is 4.90 Å². The molecule has 3 unspecified atom stereocenters. The van der Waals surface area contributed by atoms with Gasteiger partial charge in [0.25, 0.3) is 0 Å². The molecular weight excluding hydrogens is 312 g/mol. The van der Waals surface area contributed by atoms with Crippen LogP contribution in [0.3, 0.4) is 0 Å². The number of nitrogens with two attached hydrogens (primary N) is 1. The van der Waals surface area contributed by atoms with Crippen molar-refractivity contribution in [3.63, 3.8) is 0 Å². The summed E-state index contributed by atoms with van der Waals surface area (Å²) >= 11 is 0. The summed E-state index contributed by atoms with van der Waals surface area (Å²) in [4.78, 5) is 14.0. The predicted molar refractivity (Wildman–Crippen MR) is 99.2 cm³/mol. The van der Waals surface area contributed by atoms with Gasteiger partial charge in [0, 0.05) is 18.0 Å². The molecule has 4 heteroatoms. The number of hydrogen-bond acceptors (Lipinski definition) is 3. The zero-order valence-electron chi connectivity index (χ0n) is 14.9. The number of piperidine rings is 1. The lowest BCUT2D eigenvalue weighted by Gasteiger charge is -2.44. The molecule has 0 amide bonds. The Hall–Kier alpha value is -1.65.